The summed E-state index contributed by atoms with van der Waals surface area (Å²) in [5.74, 6) is -0.630. The average Bonchev–Trinajstić information content (AvgIpc) is 3.23. The van der Waals surface area contributed by atoms with E-state index < -0.39 is 44.8 Å². The predicted octanol–water partition coefficient (Wildman–Crippen LogP) is 4.33. The lowest BCUT2D eigenvalue weighted by atomic mass is 10.2. The van der Waals surface area contributed by atoms with E-state index in [0.717, 1.165) is 22.5 Å². The minimum atomic E-state index is -4.62. The summed E-state index contributed by atoms with van der Waals surface area (Å²) in [5, 5.41) is 4.22. The summed E-state index contributed by atoms with van der Waals surface area (Å²) >= 11 is 5.63. The minimum Gasteiger partial charge on any atom is -0.468 e. The first kappa shape index (κ1) is 24.8. The van der Waals surface area contributed by atoms with Gasteiger partial charge in [0, 0.05) is 17.9 Å². The number of halogens is 4. The van der Waals surface area contributed by atoms with Gasteiger partial charge in [-0.25, -0.2) is 13.2 Å². The minimum absolute atomic E-state index is 0.0348. The number of amides is 2. The van der Waals surface area contributed by atoms with E-state index in [2.05, 4.69) is 15.4 Å². The molecular weight excluding hydrogens is 487 g/mol. The lowest BCUT2D eigenvalue weighted by Gasteiger charge is -2.22. The highest BCUT2D eigenvalue weighted by Crippen LogP contribution is 2.36. The highest BCUT2D eigenvalue weighted by atomic mass is 35.5. The second-order valence-corrected chi connectivity index (χ2v) is 9.39. The monoisotopic (exact) mass is 505 g/mol. The summed E-state index contributed by atoms with van der Waals surface area (Å²) < 4.78 is 69.9. The van der Waals surface area contributed by atoms with Crippen molar-refractivity contribution in [1.82, 2.24) is 4.31 Å². The van der Waals surface area contributed by atoms with Gasteiger partial charge in [0.2, 0.25) is 10.0 Å². The Morgan fingerprint density at radius 1 is 1.09 bits per heavy atom. The number of carbonyl (C=O) groups is 2. The van der Waals surface area contributed by atoms with E-state index in [0.29, 0.717) is 12.8 Å². The summed E-state index contributed by atoms with van der Waals surface area (Å²) in [4.78, 5) is 24.0. The van der Waals surface area contributed by atoms with Gasteiger partial charge in [0.25, 0.3) is 0 Å². The molecule has 1 aliphatic heterocycles. The van der Waals surface area contributed by atoms with Crippen molar-refractivity contribution in [1.29, 1.82) is 0 Å². The molecule has 0 radical (unpaired) electrons. The fourth-order valence-corrected chi connectivity index (χ4v) is 5.30. The van der Waals surface area contributed by atoms with Gasteiger partial charge in [-0.15, -0.1) is 0 Å². The summed E-state index contributed by atoms with van der Waals surface area (Å²) in [6.45, 7) is 0.181. The van der Waals surface area contributed by atoms with Crippen molar-refractivity contribution < 1.29 is 35.9 Å². The molecule has 8 nitrogen and oxygen atoms in total. The summed E-state index contributed by atoms with van der Waals surface area (Å²) in [6.07, 6.45) is -3.74. The number of sulfonamides is 1. The van der Waals surface area contributed by atoms with E-state index in [-0.39, 0.29) is 22.8 Å². The van der Waals surface area contributed by atoms with Gasteiger partial charge in [0.1, 0.15) is 6.04 Å². The molecule has 13 heteroatoms. The van der Waals surface area contributed by atoms with Gasteiger partial charge in [0.15, 0.2) is 0 Å². The molecule has 2 aromatic carbocycles. The lowest BCUT2D eigenvalue weighted by molar-refractivity contribution is -0.144. The fourth-order valence-electron chi connectivity index (χ4n) is 3.36. The number of esters is 1. The van der Waals surface area contributed by atoms with Crippen LogP contribution in [-0.2, 0) is 25.7 Å². The number of nitrogens with one attached hydrogen (secondary N) is 2. The molecule has 178 valence electrons. The summed E-state index contributed by atoms with van der Waals surface area (Å²) in [6, 6.07) is 6.33. The van der Waals surface area contributed by atoms with E-state index in [1.165, 1.54) is 31.4 Å². The molecule has 1 saturated heterocycles. The van der Waals surface area contributed by atoms with Crippen molar-refractivity contribution in [3.8, 4) is 0 Å². The Bertz CT molecular complexity index is 1160. The number of benzene rings is 2. The van der Waals surface area contributed by atoms with Crippen molar-refractivity contribution in [2.45, 2.75) is 30.0 Å². The first-order valence-corrected chi connectivity index (χ1v) is 11.4. The summed E-state index contributed by atoms with van der Waals surface area (Å²) in [5.41, 5.74) is -0.762. The van der Waals surface area contributed by atoms with Crippen LogP contribution in [0.5, 0.6) is 0 Å². The zero-order chi connectivity index (χ0) is 24.4. The van der Waals surface area contributed by atoms with Crippen LogP contribution in [-0.4, -0.2) is 44.4 Å². The van der Waals surface area contributed by atoms with Crippen LogP contribution in [0.3, 0.4) is 0 Å². The molecule has 0 bridgehead atoms. The van der Waals surface area contributed by atoms with Gasteiger partial charge >= 0.3 is 18.2 Å². The number of anilines is 2. The molecule has 3 rings (SSSR count). The molecule has 0 aromatic heterocycles. The first-order chi connectivity index (χ1) is 15.4. The van der Waals surface area contributed by atoms with Gasteiger partial charge in [-0.1, -0.05) is 11.6 Å². The molecule has 1 heterocycles. The van der Waals surface area contributed by atoms with Crippen LogP contribution in [0.2, 0.25) is 5.02 Å². The largest absolute Gasteiger partial charge is 0.468 e. The number of hydrogen-bond donors (Lipinski definition) is 2. The molecule has 0 spiro atoms. The third kappa shape index (κ3) is 5.57. The highest BCUT2D eigenvalue weighted by Gasteiger charge is 2.40. The molecule has 2 aromatic rings. The number of alkyl halides is 3. The zero-order valence-electron chi connectivity index (χ0n) is 17.1. The van der Waals surface area contributed by atoms with Crippen LogP contribution < -0.4 is 10.6 Å². The topological polar surface area (TPSA) is 105 Å². The first-order valence-electron chi connectivity index (χ1n) is 9.58. The van der Waals surface area contributed by atoms with Gasteiger partial charge in [-0.2, -0.15) is 17.5 Å². The fraction of sp³-hybridized carbons (Fsp3) is 0.300. The van der Waals surface area contributed by atoms with Gasteiger partial charge in [-0.3, -0.25) is 4.79 Å². The molecule has 2 amide bonds. The van der Waals surface area contributed by atoms with E-state index in [1.807, 2.05) is 0 Å². The number of nitrogens with zero attached hydrogens (tertiary/aromatic N) is 1. The number of urea groups is 1. The molecule has 0 saturated carbocycles. The van der Waals surface area contributed by atoms with Crippen LogP contribution in [0.15, 0.2) is 47.4 Å². The van der Waals surface area contributed by atoms with Crippen molar-refractivity contribution >= 4 is 45.0 Å². The summed E-state index contributed by atoms with van der Waals surface area (Å²) in [7, 11) is -2.77. The normalized spacial score (nSPS) is 16.9. The quantitative estimate of drug-likeness (QED) is 0.589. The van der Waals surface area contributed by atoms with Crippen LogP contribution in [0, 0.1) is 0 Å². The molecule has 0 aliphatic carbocycles. The Morgan fingerprint density at radius 3 is 2.27 bits per heavy atom. The van der Waals surface area contributed by atoms with Crippen molar-refractivity contribution in [2.24, 2.45) is 0 Å². The van der Waals surface area contributed by atoms with Gasteiger partial charge in [-0.05, 0) is 55.3 Å². The van der Waals surface area contributed by atoms with E-state index in [1.54, 1.807) is 0 Å². The predicted molar refractivity (Wildman–Crippen MR) is 114 cm³/mol. The number of rotatable bonds is 5. The highest BCUT2D eigenvalue weighted by molar-refractivity contribution is 7.89. The molecule has 1 fully saturated rings. The van der Waals surface area contributed by atoms with Crippen LogP contribution >= 0.6 is 11.6 Å². The van der Waals surface area contributed by atoms with Crippen molar-refractivity contribution in [3.63, 3.8) is 0 Å². The van der Waals surface area contributed by atoms with E-state index >= 15 is 0 Å². The standard InChI is InChI=1S/C20H19ClF3N3O5S/c1-32-18(28)17-3-2-10-27(17)33(30,31)14-7-4-12(5-8-14)25-19(29)26-13-6-9-15(16(21)11-13)20(22,23)24/h4-9,11,17H,2-3,10H2,1H3,(H2,25,26,29)/t17-/m0/s1. The maximum atomic E-state index is 12.9. The lowest BCUT2D eigenvalue weighted by Crippen LogP contribution is -2.41. The Hall–Kier alpha value is -2.83. The van der Waals surface area contributed by atoms with Gasteiger partial charge < -0.3 is 15.4 Å². The number of ether oxygens (including phenoxy) is 1. The zero-order valence-corrected chi connectivity index (χ0v) is 18.7. The van der Waals surface area contributed by atoms with Crippen molar-refractivity contribution in [3.05, 3.63) is 53.1 Å². The number of hydrogen-bond acceptors (Lipinski definition) is 5. The molecular formula is C20H19ClF3N3O5S. The molecule has 33 heavy (non-hydrogen) atoms. The van der Waals surface area contributed by atoms with Crippen LogP contribution in [0.4, 0.5) is 29.3 Å². The van der Waals surface area contributed by atoms with Crippen molar-refractivity contribution in [2.75, 3.05) is 24.3 Å². The second-order valence-electron chi connectivity index (χ2n) is 7.09. The SMILES string of the molecule is COC(=O)[C@@H]1CCCN1S(=O)(=O)c1ccc(NC(=O)Nc2ccc(C(F)(F)F)c(Cl)c2)cc1. The average molecular weight is 506 g/mol. The number of carbonyl (C=O) groups excluding carboxylic acids is 2. The molecule has 2 N–H and O–H groups in total. The number of methoxy groups -OCH3 is 1. The maximum absolute atomic E-state index is 12.9. The van der Waals surface area contributed by atoms with E-state index in [4.69, 9.17) is 11.6 Å². The Morgan fingerprint density at radius 2 is 1.70 bits per heavy atom. The second kappa shape index (κ2) is 9.57. The Balaban J connectivity index is 1.67. The van der Waals surface area contributed by atoms with Gasteiger partial charge in [0.05, 0.1) is 22.6 Å². The third-order valence-corrected chi connectivity index (χ3v) is 7.16. The third-order valence-electron chi connectivity index (χ3n) is 4.93. The van der Waals surface area contributed by atoms with Crippen LogP contribution in [0.25, 0.3) is 0 Å². The molecule has 0 unspecified atom stereocenters. The molecule has 1 aliphatic rings. The van der Waals surface area contributed by atoms with E-state index in [9.17, 15) is 31.2 Å². The Kier molecular flexibility index (Phi) is 7.20. The Labute approximate surface area is 192 Å². The molecule has 1 atom stereocenters. The maximum Gasteiger partial charge on any atom is 0.417 e. The smallest absolute Gasteiger partial charge is 0.417 e. The van der Waals surface area contributed by atoms with Crippen LogP contribution in [0.1, 0.15) is 18.4 Å².